The summed E-state index contributed by atoms with van der Waals surface area (Å²) >= 11 is 0. The molecule has 3 rings (SSSR count). The van der Waals surface area contributed by atoms with E-state index in [0.717, 1.165) is 30.5 Å². The number of hydrogen-bond donors (Lipinski definition) is 2. The molecule has 0 saturated heterocycles. The van der Waals surface area contributed by atoms with Crippen LogP contribution in [-0.4, -0.2) is 34.7 Å². The molecule has 0 bridgehead atoms. The zero-order valence-corrected chi connectivity index (χ0v) is 14.5. The smallest absolute Gasteiger partial charge is 0.254 e. The van der Waals surface area contributed by atoms with Crippen LogP contribution in [0.3, 0.4) is 0 Å². The summed E-state index contributed by atoms with van der Waals surface area (Å²) < 4.78 is 1.87. The molecule has 2 amide bonds. The van der Waals surface area contributed by atoms with Crippen LogP contribution < -0.4 is 10.6 Å². The second-order valence-electron chi connectivity index (χ2n) is 6.32. The predicted molar refractivity (Wildman–Crippen MR) is 95.2 cm³/mol. The van der Waals surface area contributed by atoms with Crippen molar-refractivity contribution in [2.75, 3.05) is 13.1 Å². The molecule has 1 aliphatic rings. The molecular weight excluding hydrogens is 316 g/mol. The van der Waals surface area contributed by atoms with E-state index in [1.54, 1.807) is 6.20 Å². The molecule has 0 aliphatic heterocycles. The number of aromatic nitrogens is 2. The van der Waals surface area contributed by atoms with Crippen molar-refractivity contribution < 1.29 is 9.59 Å². The van der Waals surface area contributed by atoms with Gasteiger partial charge in [0, 0.05) is 19.0 Å². The van der Waals surface area contributed by atoms with Gasteiger partial charge >= 0.3 is 0 Å². The zero-order valence-electron chi connectivity index (χ0n) is 14.5. The van der Waals surface area contributed by atoms with E-state index in [-0.39, 0.29) is 17.7 Å². The average Bonchev–Trinajstić information content (AvgIpc) is 3.40. The van der Waals surface area contributed by atoms with Gasteiger partial charge in [0.05, 0.1) is 24.0 Å². The highest BCUT2D eigenvalue weighted by atomic mass is 16.2. The Morgan fingerprint density at radius 1 is 1.16 bits per heavy atom. The van der Waals surface area contributed by atoms with Crippen molar-refractivity contribution in [3.63, 3.8) is 0 Å². The molecule has 2 N–H and O–H groups in total. The molecular formula is C19H24N4O2. The molecule has 6 heteroatoms. The first kappa shape index (κ1) is 17.2. The number of carbonyl (C=O) groups is 2. The average molecular weight is 340 g/mol. The van der Waals surface area contributed by atoms with E-state index < -0.39 is 0 Å². The van der Waals surface area contributed by atoms with Crippen LogP contribution in [0.5, 0.6) is 0 Å². The molecule has 1 aromatic carbocycles. The van der Waals surface area contributed by atoms with Gasteiger partial charge in [-0.25, -0.2) is 0 Å². The highest BCUT2D eigenvalue weighted by molar-refractivity contribution is 5.95. The second-order valence-corrected chi connectivity index (χ2v) is 6.32. The van der Waals surface area contributed by atoms with E-state index in [0.29, 0.717) is 25.2 Å². The standard InChI is InChI=1S/C19H24N4O2/c1-2-17-16(12-22-23(17)13-14-6-4-3-5-7-14)19(25)21-11-10-20-18(24)15-8-9-15/h3-7,12,15H,2,8-11,13H2,1H3,(H,20,24)(H,21,25). The van der Waals surface area contributed by atoms with Crippen LogP contribution in [0.15, 0.2) is 36.5 Å². The van der Waals surface area contributed by atoms with E-state index in [4.69, 9.17) is 0 Å². The second kappa shape index (κ2) is 7.96. The molecule has 25 heavy (non-hydrogen) atoms. The fraction of sp³-hybridized carbons (Fsp3) is 0.421. The third kappa shape index (κ3) is 4.47. The van der Waals surface area contributed by atoms with Crippen LogP contribution in [0.1, 0.15) is 41.4 Å². The summed E-state index contributed by atoms with van der Waals surface area (Å²) in [6.07, 6.45) is 4.32. The van der Waals surface area contributed by atoms with Gasteiger partial charge < -0.3 is 10.6 Å². The lowest BCUT2D eigenvalue weighted by Gasteiger charge is -2.09. The maximum absolute atomic E-state index is 12.4. The monoisotopic (exact) mass is 340 g/mol. The topological polar surface area (TPSA) is 76.0 Å². The number of amides is 2. The van der Waals surface area contributed by atoms with E-state index in [1.165, 1.54) is 0 Å². The van der Waals surface area contributed by atoms with Crippen molar-refractivity contribution in [2.45, 2.75) is 32.7 Å². The van der Waals surface area contributed by atoms with Gasteiger partial charge in [-0.2, -0.15) is 5.10 Å². The quantitative estimate of drug-likeness (QED) is 0.719. The molecule has 1 fully saturated rings. The normalized spacial score (nSPS) is 13.5. The molecule has 1 aromatic heterocycles. The van der Waals surface area contributed by atoms with Crippen molar-refractivity contribution >= 4 is 11.8 Å². The van der Waals surface area contributed by atoms with Crippen LogP contribution in [0.4, 0.5) is 0 Å². The molecule has 0 spiro atoms. The summed E-state index contributed by atoms with van der Waals surface area (Å²) in [6.45, 7) is 3.55. The molecule has 1 heterocycles. The van der Waals surface area contributed by atoms with Crippen molar-refractivity contribution in [3.8, 4) is 0 Å². The van der Waals surface area contributed by atoms with Gasteiger partial charge in [-0.1, -0.05) is 37.3 Å². The Kier molecular flexibility index (Phi) is 5.48. The minimum atomic E-state index is -0.142. The Hall–Kier alpha value is -2.63. The number of hydrogen-bond acceptors (Lipinski definition) is 3. The Morgan fingerprint density at radius 3 is 2.56 bits per heavy atom. The van der Waals surface area contributed by atoms with Crippen LogP contribution in [0, 0.1) is 5.92 Å². The largest absolute Gasteiger partial charge is 0.354 e. The number of carbonyl (C=O) groups excluding carboxylic acids is 2. The molecule has 2 aromatic rings. The zero-order chi connectivity index (χ0) is 17.6. The summed E-state index contributed by atoms with van der Waals surface area (Å²) in [5.74, 6) is 0.148. The third-order valence-electron chi connectivity index (χ3n) is 4.36. The van der Waals surface area contributed by atoms with Crippen LogP contribution in [0.2, 0.25) is 0 Å². The van der Waals surface area contributed by atoms with E-state index in [9.17, 15) is 9.59 Å². The minimum Gasteiger partial charge on any atom is -0.354 e. The van der Waals surface area contributed by atoms with Gasteiger partial charge in [0.15, 0.2) is 0 Å². The van der Waals surface area contributed by atoms with Gasteiger partial charge in [0.2, 0.25) is 5.91 Å². The fourth-order valence-corrected chi connectivity index (χ4v) is 2.81. The Balaban J connectivity index is 1.55. The van der Waals surface area contributed by atoms with E-state index in [2.05, 4.69) is 15.7 Å². The number of benzene rings is 1. The molecule has 132 valence electrons. The molecule has 0 unspecified atom stereocenters. The van der Waals surface area contributed by atoms with E-state index >= 15 is 0 Å². The summed E-state index contributed by atoms with van der Waals surface area (Å²) in [6, 6.07) is 10.1. The molecule has 1 saturated carbocycles. The maximum Gasteiger partial charge on any atom is 0.254 e. The fourth-order valence-electron chi connectivity index (χ4n) is 2.81. The van der Waals surface area contributed by atoms with E-state index in [1.807, 2.05) is 41.9 Å². The minimum absolute atomic E-state index is 0.0965. The first-order chi connectivity index (χ1) is 12.2. The molecule has 6 nitrogen and oxygen atoms in total. The predicted octanol–water partition coefficient (Wildman–Crippen LogP) is 1.75. The van der Waals surface area contributed by atoms with Crippen LogP contribution in [0.25, 0.3) is 0 Å². The van der Waals surface area contributed by atoms with Gasteiger partial charge in [-0.15, -0.1) is 0 Å². The Bertz CT molecular complexity index is 735. The lowest BCUT2D eigenvalue weighted by Crippen LogP contribution is -2.35. The molecule has 1 aliphatic carbocycles. The summed E-state index contributed by atoms with van der Waals surface area (Å²) in [4.78, 5) is 24.0. The van der Waals surface area contributed by atoms with Crippen molar-refractivity contribution in [3.05, 3.63) is 53.3 Å². The highest BCUT2D eigenvalue weighted by Gasteiger charge is 2.29. The van der Waals surface area contributed by atoms with Crippen LogP contribution >= 0.6 is 0 Å². The maximum atomic E-state index is 12.4. The van der Waals surface area contributed by atoms with Gasteiger partial charge in [0.1, 0.15) is 0 Å². The van der Waals surface area contributed by atoms with Crippen molar-refractivity contribution in [1.29, 1.82) is 0 Å². The van der Waals surface area contributed by atoms with Crippen LogP contribution in [-0.2, 0) is 17.8 Å². The summed E-state index contributed by atoms with van der Waals surface area (Å²) in [5, 5.41) is 10.1. The van der Waals surface area contributed by atoms with Gasteiger partial charge in [0.25, 0.3) is 5.91 Å². The third-order valence-corrected chi connectivity index (χ3v) is 4.36. The molecule has 0 atom stereocenters. The number of rotatable bonds is 8. The van der Waals surface area contributed by atoms with Crippen molar-refractivity contribution in [2.24, 2.45) is 5.92 Å². The van der Waals surface area contributed by atoms with Gasteiger partial charge in [-0.05, 0) is 24.8 Å². The number of nitrogens with one attached hydrogen (secondary N) is 2. The number of nitrogens with zero attached hydrogens (tertiary/aromatic N) is 2. The first-order valence-corrected chi connectivity index (χ1v) is 8.83. The lowest BCUT2D eigenvalue weighted by atomic mass is 10.1. The summed E-state index contributed by atoms with van der Waals surface area (Å²) in [7, 11) is 0. The first-order valence-electron chi connectivity index (χ1n) is 8.83. The Labute approximate surface area is 147 Å². The Morgan fingerprint density at radius 2 is 1.88 bits per heavy atom. The summed E-state index contributed by atoms with van der Waals surface area (Å²) in [5.41, 5.74) is 2.67. The van der Waals surface area contributed by atoms with Gasteiger partial charge in [-0.3, -0.25) is 14.3 Å². The highest BCUT2D eigenvalue weighted by Crippen LogP contribution is 2.28. The molecule has 0 radical (unpaired) electrons. The SMILES string of the molecule is CCc1c(C(=O)NCCNC(=O)C2CC2)cnn1Cc1ccccc1. The lowest BCUT2D eigenvalue weighted by molar-refractivity contribution is -0.122. The van der Waals surface area contributed by atoms with Crippen molar-refractivity contribution in [1.82, 2.24) is 20.4 Å².